The molecule has 0 unspecified atom stereocenters. The lowest BCUT2D eigenvalue weighted by Gasteiger charge is -2.08. The number of pyridine rings is 1. The molecule has 0 saturated heterocycles. The molecule has 0 aliphatic heterocycles. The van der Waals surface area contributed by atoms with E-state index in [0.717, 1.165) is 6.07 Å². The van der Waals surface area contributed by atoms with E-state index in [-0.39, 0.29) is 11.5 Å². The maximum atomic E-state index is 13.4. The lowest BCUT2D eigenvalue weighted by molar-refractivity contribution is 0.557. The number of benzene rings is 1. The average Bonchev–Trinajstić information content (AvgIpc) is 2.39. The fourth-order valence-corrected chi connectivity index (χ4v) is 2.56. The first-order chi connectivity index (χ1) is 9.40. The Labute approximate surface area is 115 Å². The van der Waals surface area contributed by atoms with Crippen LogP contribution in [0.2, 0.25) is 0 Å². The van der Waals surface area contributed by atoms with Crippen LogP contribution in [0, 0.1) is 11.2 Å². The monoisotopic (exact) mass is 294 g/mol. The van der Waals surface area contributed by atoms with E-state index < -0.39 is 20.9 Å². The summed E-state index contributed by atoms with van der Waals surface area (Å²) < 4.78 is 39.6. The van der Waals surface area contributed by atoms with Gasteiger partial charge in [0, 0.05) is 17.4 Å². The highest BCUT2D eigenvalue weighted by Crippen LogP contribution is 2.17. The van der Waals surface area contributed by atoms with Gasteiger partial charge in [-0.2, -0.15) is 8.42 Å². The zero-order chi connectivity index (χ0) is 14.8. The van der Waals surface area contributed by atoms with E-state index in [1.165, 1.54) is 36.5 Å². The molecule has 1 aromatic heterocycles. The van der Waals surface area contributed by atoms with Crippen molar-refractivity contribution in [2.24, 2.45) is 5.73 Å². The molecule has 4 N–H and O–H groups in total. The summed E-state index contributed by atoms with van der Waals surface area (Å²) in [7, 11) is -4.10. The number of nitrogens with zero attached hydrogens (tertiary/aromatic N) is 1. The van der Waals surface area contributed by atoms with Crippen LogP contribution in [0.25, 0.3) is 0 Å². The first-order valence-electron chi connectivity index (χ1n) is 5.48. The van der Waals surface area contributed by atoms with Crippen LogP contribution in [-0.2, 0) is 10.0 Å². The zero-order valence-electron chi connectivity index (χ0n) is 10.2. The number of nitrogens with one attached hydrogen (secondary N) is 2. The Balaban J connectivity index is 2.29. The molecule has 20 heavy (non-hydrogen) atoms. The van der Waals surface area contributed by atoms with E-state index in [1.54, 1.807) is 0 Å². The molecule has 0 bridgehead atoms. The van der Waals surface area contributed by atoms with Gasteiger partial charge in [0.1, 0.15) is 5.84 Å². The molecule has 8 heteroatoms. The number of amidine groups is 1. The molecule has 0 amide bonds. The summed E-state index contributed by atoms with van der Waals surface area (Å²) in [6.45, 7) is 0. The predicted molar refractivity (Wildman–Crippen MR) is 72.5 cm³/mol. The summed E-state index contributed by atoms with van der Waals surface area (Å²) in [4.78, 5) is 3.51. The molecule has 0 atom stereocenters. The topological polar surface area (TPSA) is 109 Å². The SMILES string of the molecule is N=C(N)c1ccc(NS(=O)(=O)c2ncccc2F)cc1. The number of aromatic nitrogens is 1. The molecule has 1 heterocycles. The van der Waals surface area contributed by atoms with E-state index >= 15 is 0 Å². The summed E-state index contributed by atoms with van der Waals surface area (Å²) in [6, 6.07) is 8.13. The number of anilines is 1. The number of nitrogens with two attached hydrogens (primary N) is 1. The van der Waals surface area contributed by atoms with Gasteiger partial charge in [0.2, 0.25) is 5.03 Å². The fraction of sp³-hybridized carbons (Fsp3) is 0. The summed E-state index contributed by atoms with van der Waals surface area (Å²) in [6.07, 6.45) is 1.19. The Hall–Kier alpha value is -2.48. The van der Waals surface area contributed by atoms with Crippen LogP contribution in [0.1, 0.15) is 5.56 Å². The Morgan fingerprint density at radius 2 is 1.90 bits per heavy atom. The quantitative estimate of drug-likeness (QED) is 0.583. The molecular weight excluding hydrogens is 283 g/mol. The lowest BCUT2D eigenvalue weighted by Crippen LogP contribution is -2.16. The van der Waals surface area contributed by atoms with Gasteiger partial charge in [-0.1, -0.05) is 0 Å². The van der Waals surface area contributed by atoms with Crippen molar-refractivity contribution in [3.05, 3.63) is 54.0 Å². The second-order valence-corrected chi connectivity index (χ2v) is 5.48. The summed E-state index contributed by atoms with van der Waals surface area (Å²) >= 11 is 0. The summed E-state index contributed by atoms with van der Waals surface area (Å²) in [5.41, 5.74) is 5.96. The molecule has 2 rings (SSSR count). The molecule has 0 aliphatic rings. The van der Waals surface area contributed by atoms with Crippen LogP contribution < -0.4 is 10.5 Å². The van der Waals surface area contributed by atoms with Crippen LogP contribution in [-0.4, -0.2) is 19.2 Å². The first kappa shape index (κ1) is 13.9. The molecule has 0 spiro atoms. The molecule has 0 radical (unpaired) electrons. The average molecular weight is 294 g/mol. The zero-order valence-corrected chi connectivity index (χ0v) is 11.0. The highest BCUT2D eigenvalue weighted by Gasteiger charge is 2.20. The van der Waals surface area contributed by atoms with Crippen LogP contribution in [0.3, 0.4) is 0 Å². The van der Waals surface area contributed by atoms with Gasteiger partial charge in [0.25, 0.3) is 10.0 Å². The van der Waals surface area contributed by atoms with Crippen LogP contribution in [0.5, 0.6) is 0 Å². The third-order valence-corrected chi connectivity index (χ3v) is 3.74. The minimum absolute atomic E-state index is 0.129. The maximum absolute atomic E-state index is 13.4. The normalized spacial score (nSPS) is 11.1. The van der Waals surface area contributed by atoms with Crippen molar-refractivity contribution < 1.29 is 12.8 Å². The van der Waals surface area contributed by atoms with Crippen molar-refractivity contribution in [2.45, 2.75) is 5.03 Å². The number of sulfonamides is 1. The molecule has 0 saturated carbocycles. The molecule has 0 fully saturated rings. The van der Waals surface area contributed by atoms with Gasteiger partial charge in [-0.3, -0.25) is 10.1 Å². The Morgan fingerprint density at radius 3 is 2.45 bits per heavy atom. The third-order valence-electron chi connectivity index (χ3n) is 2.43. The van der Waals surface area contributed by atoms with Gasteiger partial charge in [-0.05, 0) is 36.4 Å². The second-order valence-electron chi connectivity index (χ2n) is 3.89. The molecule has 1 aromatic carbocycles. The highest BCUT2D eigenvalue weighted by molar-refractivity contribution is 7.92. The molecule has 0 aliphatic carbocycles. The Bertz CT molecular complexity index is 744. The van der Waals surface area contributed by atoms with E-state index in [9.17, 15) is 12.8 Å². The van der Waals surface area contributed by atoms with Gasteiger partial charge in [-0.15, -0.1) is 0 Å². The van der Waals surface area contributed by atoms with Gasteiger partial charge in [-0.25, -0.2) is 9.37 Å². The molecule has 104 valence electrons. The first-order valence-corrected chi connectivity index (χ1v) is 6.96. The van der Waals surface area contributed by atoms with Crippen molar-refractivity contribution in [1.82, 2.24) is 4.98 Å². The standard InChI is InChI=1S/C12H11FN4O2S/c13-10-2-1-7-16-12(10)20(18,19)17-9-5-3-8(4-6-9)11(14)15/h1-7,17H,(H3,14,15). The number of halogens is 1. The van der Waals surface area contributed by atoms with Gasteiger partial charge < -0.3 is 5.73 Å². The van der Waals surface area contributed by atoms with Crippen molar-refractivity contribution in [3.63, 3.8) is 0 Å². The van der Waals surface area contributed by atoms with E-state index in [4.69, 9.17) is 11.1 Å². The van der Waals surface area contributed by atoms with Crippen molar-refractivity contribution in [1.29, 1.82) is 5.41 Å². The largest absolute Gasteiger partial charge is 0.384 e. The number of hydrogen-bond acceptors (Lipinski definition) is 4. The summed E-state index contributed by atoms with van der Waals surface area (Å²) in [5, 5.41) is 6.56. The number of nitrogen functional groups attached to an aromatic ring is 1. The molecular formula is C12H11FN4O2S. The smallest absolute Gasteiger partial charge is 0.282 e. The second kappa shape index (κ2) is 5.25. The van der Waals surface area contributed by atoms with E-state index in [2.05, 4.69) is 9.71 Å². The molecule has 2 aromatic rings. The van der Waals surface area contributed by atoms with Gasteiger partial charge in [0.15, 0.2) is 5.82 Å². The van der Waals surface area contributed by atoms with E-state index in [1.807, 2.05) is 0 Å². The Morgan fingerprint density at radius 1 is 1.25 bits per heavy atom. The lowest BCUT2D eigenvalue weighted by atomic mass is 10.2. The molecule has 6 nitrogen and oxygen atoms in total. The van der Waals surface area contributed by atoms with Gasteiger partial charge >= 0.3 is 0 Å². The third kappa shape index (κ3) is 2.91. The summed E-state index contributed by atoms with van der Waals surface area (Å²) in [5.74, 6) is -1.06. The minimum Gasteiger partial charge on any atom is -0.384 e. The van der Waals surface area contributed by atoms with Crippen molar-refractivity contribution >= 4 is 21.5 Å². The van der Waals surface area contributed by atoms with Crippen LogP contribution >= 0.6 is 0 Å². The van der Waals surface area contributed by atoms with Crippen molar-refractivity contribution in [2.75, 3.05) is 4.72 Å². The van der Waals surface area contributed by atoms with Crippen LogP contribution in [0.15, 0.2) is 47.6 Å². The highest BCUT2D eigenvalue weighted by atomic mass is 32.2. The fourth-order valence-electron chi connectivity index (χ4n) is 1.49. The predicted octanol–water partition coefficient (Wildman–Crippen LogP) is 1.31. The minimum atomic E-state index is -4.10. The van der Waals surface area contributed by atoms with E-state index in [0.29, 0.717) is 5.56 Å². The number of rotatable bonds is 4. The maximum Gasteiger partial charge on any atom is 0.282 e. The van der Waals surface area contributed by atoms with Crippen LogP contribution in [0.4, 0.5) is 10.1 Å². The van der Waals surface area contributed by atoms with Gasteiger partial charge in [0.05, 0.1) is 0 Å². The Kier molecular flexibility index (Phi) is 3.66. The van der Waals surface area contributed by atoms with Crippen molar-refractivity contribution in [3.8, 4) is 0 Å². The number of hydrogen-bond donors (Lipinski definition) is 3.